The number of sulfonamides is 1. The molecule has 0 atom stereocenters. The Hall–Kier alpha value is -2.10. The summed E-state index contributed by atoms with van der Waals surface area (Å²) in [5, 5.41) is 3.76. The fourth-order valence-corrected chi connectivity index (χ4v) is 5.03. The summed E-state index contributed by atoms with van der Waals surface area (Å²) in [7, 11) is -3.58. The maximum absolute atomic E-state index is 12.9. The summed E-state index contributed by atoms with van der Waals surface area (Å²) >= 11 is 1.53. The lowest BCUT2D eigenvalue weighted by molar-refractivity contribution is -0.120. The van der Waals surface area contributed by atoms with E-state index >= 15 is 0 Å². The summed E-state index contributed by atoms with van der Waals surface area (Å²) in [6.07, 6.45) is 4.54. The molecule has 0 unspecified atom stereocenters. The molecule has 0 spiro atoms. The minimum absolute atomic E-state index is 0.0955. The van der Waals surface area contributed by atoms with Crippen LogP contribution >= 0.6 is 11.8 Å². The van der Waals surface area contributed by atoms with Gasteiger partial charge in [-0.1, -0.05) is 0 Å². The number of hydrogen-bond acceptors (Lipinski definition) is 6. The fraction of sp³-hybridized carbons (Fsp3) is 0.400. The Kier molecular flexibility index (Phi) is 7.15. The van der Waals surface area contributed by atoms with E-state index in [2.05, 4.69) is 10.3 Å². The van der Waals surface area contributed by atoms with Crippen molar-refractivity contribution in [1.29, 1.82) is 0 Å². The van der Waals surface area contributed by atoms with Gasteiger partial charge in [0, 0.05) is 19.0 Å². The highest BCUT2D eigenvalue weighted by Crippen LogP contribution is 2.26. The lowest BCUT2D eigenvalue weighted by atomic mass is 9.97. The third-order valence-corrected chi connectivity index (χ3v) is 7.38. The van der Waals surface area contributed by atoms with Crippen LogP contribution in [0.1, 0.15) is 19.8 Å². The first-order valence-electron chi connectivity index (χ1n) is 9.48. The molecule has 2 heterocycles. The molecule has 0 radical (unpaired) electrons. The number of hydrogen-bond donors (Lipinski definition) is 1. The zero-order valence-corrected chi connectivity index (χ0v) is 18.1. The molecule has 0 saturated carbocycles. The average Bonchev–Trinajstić information content (AvgIpc) is 2.75. The Bertz CT molecular complexity index is 923. The molecule has 1 aromatic carbocycles. The van der Waals surface area contributed by atoms with Crippen molar-refractivity contribution in [2.45, 2.75) is 29.7 Å². The molecule has 3 rings (SSSR count). The predicted octanol–water partition coefficient (Wildman–Crippen LogP) is 3.24. The van der Waals surface area contributed by atoms with Crippen molar-refractivity contribution >= 4 is 33.4 Å². The molecule has 29 heavy (non-hydrogen) atoms. The van der Waals surface area contributed by atoms with E-state index in [1.165, 1.54) is 16.1 Å². The third-order valence-electron chi connectivity index (χ3n) is 4.81. The minimum atomic E-state index is -3.58. The van der Waals surface area contributed by atoms with Crippen LogP contribution in [-0.2, 0) is 14.8 Å². The molecule has 1 fully saturated rings. The van der Waals surface area contributed by atoms with Gasteiger partial charge in [0.2, 0.25) is 15.9 Å². The largest absolute Gasteiger partial charge is 0.494 e. The van der Waals surface area contributed by atoms with Crippen LogP contribution in [0.2, 0.25) is 0 Å². The van der Waals surface area contributed by atoms with Crippen molar-refractivity contribution in [3.05, 3.63) is 42.6 Å². The number of ether oxygens (including phenoxy) is 1. The molecular weight excluding hydrogens is 410 g/mol. The number of nitrogens with one attached hydrogen (secondary N) is 1. The fourth-order valence-electron chi connectivity index (χ4n) is 3.20. The van der Waals surface area contributed by atoms with Gasteiger partial charge in [0.15, 0.2) is 0 Å². The third kappa shape index (κ3) is 5.29. The van der Waals surface area contributed by atoms with Crippen molar-refractivity contribution < 1.29 is 17.9 Å². The number of rotatable bonds is 7. The van der Waals surface area contributed by atoms with Crippen LogP contribution in [0.3, 0.4) is 0 Å². The smallest absolute Gasteiger partial charge is 0.243 e. The van der Waals surface area contributed by atoms with E-state index in [-0.39, 0.29) is 16.7 Å². The second-order valence-electron chi connectivity index (χ2n) is 6.66. The van der Waals surface area contributed by atoms with Crippen LogP contribution in [-0.4, -0.2) is 49.6 Å². The van der Waals surface area contributed by atoms with Gasteiger partial charge in [0.1, 0.15) is 5.75 Å². The molecule has 9 heteroatoms. The quantitative estimate of drug-likeness (QED) is 0.672. The number of amides is 1. The van der Waals surface area contributed by atoms with Crippen molar-refractivity contribution in [1.82, 2.24) is 9.29 Å². The van der Waals surface area contributed by atoms with Gasteiger partial charge in [-0.05, 0) is 62.4 Å². The number of pyridine rings is 1. The highest BCUT2D eigenvalue weighted by molar-refractivity contribution is 7.98. The lowest BCUT2D eigenvalue weighted by Crippen LogP contribution is -2.41. The summed E-state index contributed by atoms with van der Waals surface area (Å²) in [5.41, 5.74) is 0.650. The van der Waals surface area contributed by atoms with Gasteiger partial charge < -0.3 is 10.1 Å². The lowest BCUT2D eigenvalue weighted by Gasteiger charge is -2.30. The molecule has 1 amide bonds. The average molecular weight is 436 g/mol. The number of carbonyl (C=O) groups excluding carboxylic acids is 1. The van der Waals surface area contributed by atoms with Crippen molar-refractivity contribution in [2.75, 3.05) is 31.3 Å². The molecular formula is C20H25N3O4S2. The van der Waals surface area contributed by atoms with Gasteiger partial charge in [0.05, 0.1) is 28.4 Å². The molecule has 1 N–H and O–H groups in total. The summed E-state index contributed by atoms with van der Waals surface area (Å²) in [6, 6.07) is 10.1. The highest BCUT2D eigenvalue weighted by Gasteiger charge is 2.32. The van der Waals surface area contributed by atoms with Crippen LogP contribution in [0.4, 0.5) is 5.69 Å². The van der Waals surface area contributed by atoms with Crippen LogP contribution < -0.4 is 10.1 Å². The molecule has 156 valence electrons. The predicted molar refractivity (Wildman–Crippen MR) is 114 cm³/mol. The van der Waals surface area contributed by atoms with E-state index in [9.17, 15) is 13.2 Å². The van der Waals surface area contributed by atoms with Crippen LogP contribution in [0.5, 0.6) is 5.75 Å². The Balaban J connectivity index is 1.57. The van der Waals surface area contributed by atoms with Gasteiger partial charge in [-0.25, -0.2) is 13.4 Å². The van der Waals surface area contributed by atoms with Crippen LogP contribution in [0, 0.1) is 5.92 Å². The number of nitrogens with zero attached hydrogens (tertiary/aromatic N) is 2. The Labute approximate surface area is 175 Å². The Morgan fingerprint density at radius 3 is 2.45 bits per heavy atom. The van der Waals surface area contributed by atoms with E-state index in [0.717, 1.165) is 5.03 Å². The number of piperidine rings is 1. The zero-order valence-electron chi connectivity index (χ0n) is 16.5. The summed E-state index contributed by atoms with van der Waals surface area (Å²) in [5.74, 6) is 0.325. The maximum Gasteiger partial charge on any atom is 0.243 e. The van der Waals surface area contributed by atoms with E-state index in [4.69, 9.17) is 4.74 Å². The SMILES string of the molecule is CCOc1ccc(S(=O)(=O)N2CCC(C(=O)Nc3ccc(SC)nc3)CC2)cc1. The molecule has 0 aliphatic carbocycles. The van der Waals surface area contributed by atoms with Gasteiger partial charge >= 0.3 is 0 Å². The van der Waals surface area contributed by atoms with Crippen molar-refractivity contribution in [2.24, 2.45) is 5.92 Å². The normalized spacial score (nSPS) is 15.8. The number of aromatic nitrogens is 1. The van der Waals surface area contributed by atoms with E-state index in [1.807, 2.05) is 25.3 Å². The highest BCUT2D eigenvalue weighted by atomic mass is 32.2. The van der Waals surface area contributed by atoms with Gasteiger partial charge in [-0.2, -0.15) is 4.31 Å². The first kappa shape index (κ1) is 21.6. The van der Waals surface area contributed by atoms with Crippen molar-refractivity contribution in [3.63, 3.8) is 0 Å². The van der Waals surface area contributed by atoms with Gasteiger partial charge in [-0.15, -0.1) is 11.8 Å². The monoisotopic (exact) mass is 435 g/mol. The molecule has 1 aliphatic rings. The van der Waals surface area contributed by atoms with E-state index < -0.39 is 10.0 Å². The molecule has 0 bridgehead atoms. The molecule has 2 aromatic rings. The van der Waals surface area contributed by atoms with Crippen LogP contribution in [0.25, 0.3) is 0 Å². The van der Waals surface area contributed by atoms with E-state index in [0.29, 0.717) is 44.0 Å². The summed E-state index contributed by atoms with van der Waals surface area (Å²) in [4.78, 5) is 17.0. The molecule has 1 aliphatic heterocycles. The number of anilines is 1. The van der Waals surface area contributed by atoms with Gasteiger partial charge in [-0.3, -0.25) is 4.79 Å². The first-order chi connectivity index (χ1) is 13.9. The maximum atomic E-state index is 12.9. The molecule has 7 nitrogen and oxygen atoms in total. The second kappa shape index (κ2) is 9.60. The topological polar surface area (TPSA) is 88.6 Å². The molecule has 1 aromatic heterocycles. The van der Waals surface area contributed by atoms with Crippen molar-refractivity contribution in [3.8, 4) is 5.75 Å². The van der Waals surface area contributed by atoms with Crippen LogP contribution in [0.15, 0.2) is 52.5 Å². The summed E-state index contributed by atoms with van der Waals surface area (Å²) in [6.45, 7) is 3.04. The summed E-state index contributed by atoms with van der Waals surface area (Å²) < 4.78 is 32.5. The number of carbonyl (C=O) groups is 1. The molecule has 1 saturated heterocycles. The Morgan fingerprint density at radius 1 is 1.21 bits per heavy atom. The zero-order chi connectivity index (χ0) is 20.9. The minimum Gasteiger partial charge on any atom is -0.494 e. The van der Waals surface area contributed by atoms with Gasteiger partial charge in [0.25, 0.3) is 0 Å². The standard InChI is InChI=1S/C20H25N3O4S2/c1-3-27-17-5-7-18(8-6-17)29(25,26)23-12-10-15(11-13-23)20(24)22-16-4-9-19(28-2)21-14-16/h4-9,14-15H,3,10-13H2,1-2H3,(H,22,24). The number of thioether (sulfide) groups is 1. The van der Waals surface area contributed by atoms with E-state index in [1.54, 1.807) is 30.5 Å². The Morgan fingerprint density at radius 2 is 1.90 bits per heavy atom. The second-order valence-corrected chi connectivity index (χ2v) is 9.43. The first-order valence-corrected chi connectivity index (χ1v) is 12.1. The number of benzene rings is 1.